The Morgan fingerprint density at radius 2 is 2.00 bits per heavy atom. The Bertz CT molecular complexity index is 1460. The van der Waals surface area contributed by atoms with Crippen LogP contribution < -0.4 is 9.80 Å². The summed E-state index contributed by atoms with van der Waals surface area (Å²) in [4.78, 5) is 17.0. The molecule has 0 bridgehead atoms. The van der Waals surface area contributed by atoms with Crippen LogP contribution in [0.4, 0.5) is 11.5 Å². The molecule has 1 saturated heterocycles. The molecule has 8 nitrogen and oxygen atoms in total. The third-order valence-electron chi connectivity index (χ3n) is 6.40. The summed E-state index contributed by atoms with van der Waals surface area (Å²) in [7, 11) is 0. The van der Waals surface area contributed by atoms with E-state index in [4.69, 9.17) is 23.2 Å². The molecule has 10 heteroatoms. The highest BCUT2D eigenvalue weighted by Gasteiger charge is 2.43. The molecule has 0 amide bonds. The van der Waals surface area contributed by atoms with Crippen LogP contribution in [-0.2, 0) is 0 Å². The molecule has 166 valence electrons. The quantitative estimate of drug-likeness (QED) is 0.360. The van der Waals surface area contributed by atoms with Crippen LogP contribution in [0.25, 0.3) is 21.9 Å². The second-order valence-corrected chi connectivity index (χ2v) is 9.33. The maximum atomic E-state index is 6.85. The minimum Gasteiger partial charge on any atom is -0.360 e. The van der Waals surface area contributed by atoms with E-state index in [0.717, 1.165) is 65.1 Å². The number of rotatable bonds is 4. The van der Waals surface area contributed by atoms with Crippen LogP contribution in [0.2, 0.25) is 10.0 Å². The number of piperidine rings is 1. The van der Waals surface area contributed by atoms with Crippen LogP contribution >= 0.6 is 23.2 Å². The van der Waals surface area contributed by atoms with E-state index in [2.05, 4.69) is 35.5 Å². The molecular formula is C23H21Cl2N8+. The average Bonchev–Trinajstić information content (AvgIpc) is 3.43. The summed E-state index contributed by atoms with van der Waals surface area (Å²) < 4.78 is 0.486. The third-order valence-corrected chi connectivity index (χ3v) is 6.94. The van der Waals surface area contributed by atoms with Gasteiger partial charge >= 0.3 is 0 Å². The predicted octanol–water partition coefficient (Wildman–Crippen LogP) is 5.83. The number of aromatic amines is 1. The number of nitrogens with zero attached hydrogens (tertiary/aromatic N) is 6. The summed E-state index contributed by atoms with van der Waals surface area (Å²) in [5.74, 6) is 2.53. The number of benzene rings is 2. The lowest BCUT2D eigenvalue weighted by atomic mass is 10.0. The van der Waals surface area contributed by atoms with Crippen LogP contribution in [0.1, 0.15) is 38.1 Å². The zero-order chi connectivity index (χ0) is 22.6. The number of halogens is 2. The largest absolute Gasteiger partial charge is 0.360 e. The first-order valence-corrected chi connectivity index (χ1v) is 11.6. The summed E-state index contributed by atoms with van der Waals surface area (Å²) in [6.45, 7) is 2.93. The number of hydrogen-bond acceptors (Lipinski definition) is 6. The zero-order valence-corrected chi connectivity index (χ0v) is 19.4. The van der Waals surface area contributed by atoms with Crippen molar-refractivity contribution in [1.29, 1.82) is 0 Å². The Labute approximate surface area is 200 Å². The normalized spacial score (nSPS) is 20.8. The number of anilines is 1. The molecule has 1 unspecified atom stereocenters. The van der Waals surface area contributed by atoms with Gasteiger partial charge in [-0.05, 0) is 44.0 Å². The standard InChI is InChI=1S/C23H21Cl2N8/c1-13(22-30-17-6-5-14(24)8-19(17)31-22)29-23-15-9-16(25)20(10-18(15)26-11-27-23)33-7-3-2-4-21(33)32-28-12-33/h5-6,8-13H,2-4,7H2,1H3,(H,30,31)(H,26,27,29)/q+1/t13-,33?/m0/s1. The predicted molar refractivity (Wildman–Crippen MR) is 134 cm³/mol. The lowest BCUT2D eigenvalue weighted by Crippen LogP contribution is -2.54. The smallest absolute Gasteiger partial charge is 0.233 e. The van der Waals surface area contributed by atoms with Gasteiger partial charge in [-0.25, -0.2) is 19.4 Å². The number of fused-ring (bicyclic) bond motifs is 3. The van der Waals surface area contributed by atoms with Gasteiger partial charge in [0.15, 0.2) is 5.69 Å². The molecular weight excluding hydrogens is 459 g/mol. The highest BCUT2D eigenvalue weighted by molar-refractivity contribution is 6.35. The van der Waals surface area contributed by atoms with Crippen molar-refractivity contribution in [3.05, 3.63) is 52.5 Å². The minimum absolute atomic E-state index is 0.124. The average molecular weight is 480 g/mol. The highest BCUT2D eigenvalue weighted by Crippen LogP contribution is 2.40. The van der Waals surface area contributed by atoms with Crippen molar-refractivity contribution in [2.75, 3.05) is 11.9 Å². The van der Waals surface area contributed by atoms with Gasteiger partial charge in [-0.2, -0.15) is 0 Å². The van der Waals surface area contributed by atoms with Gasteiger partial charge in [-0.3, -0.25) is 0 Å². The SMILES string of the molecule is C[C@H](Nc1ncnc2cc([N+]34C=NN=C3CCCC4)c(Cl)cc12)c1nc2cc(Cl)ccc2[nH]1. The molecule has 2 aliphatic rings. The van der Waals surface area contributed by atoms with Gasteiger partial charge in [0, 0.05) is 22.9 Å². The van der Waals surface area contributed by atoms with E-state index in [-0.39, 0.29) is 6.04 Å². The lowest BCUT2D eigenvalue weighted by Gasteiger charge is -2.34. The first-order valence-electron chi connectivity index (χ1n) is 10.9. The van der Waals surface area contributed by atoms with Gasteiger partial charge in [0.25, 0.3) is 0 Å². The maximum absolute atomic E-state index is 6.85. The van der Waals surface area contributed by atoms with Crippen molar-refractivity contribution >= 4 is 68.8 Å². The first kappa shape index (κ1) is 20.5. The molecule has 0 spiro atoms. The van der Waals surface area contributed by atoms with Gasteiger partial charge < -0.3 is 10.3 Å². The molecule has 2 aromatic carbocycles. The fraction of sp³-hybridized carbons (Fsp3) is 0.261. The minimum atomic E-state index is -0.124. The van der Waals surface area contributed by atoms with Crippen molar-refractivity contribution in [3.63, 3.8) is 0 Å². The summed E-state index contributed by atoms with van der Waals surface area (Å²) >= 11 is 12.9. The second kappa shape index (κ2) is 7.76. The molecule has 2 N–H and O–H groups in total. The Morgan fingerprint density at radius 1 is 1.09 bits per heavy atom. The fourth-order valence-corrected chi connectivity index (χ4v) is 5.17. The third kappa shape index (κ3) is 3.37. The van der Waals surface area contributed by atoms with Crippen LogP contribution in [-0.4, -0.2) is 38.7 Å². The molecule has 1 fully saturated rings. The summed E-state index contributed by atoms with van der Waals surface area (Å²) in [6.07, 6.45) is 6.59. The Balaban J connectivity index is 1.37. The highest BCUT2D eigenvalue weighted by atomic mass is 35.5. The molecule has 0 radical (unpaired) electrons. The molecule has 2 aliphatic heterocycles. The first-order chi connectivity index (χ1) is 16.0. The van der Waals surface area contributed by atoms with Crippen molar-refractivity contribution in [2.24, 2.45) is 10.2 Å². The molecule has 4 aromatic rings. The monoisotopic (exact) mass is 479 g/mol. The Morgan fingerprint density at radius 3 is 2.91 bits per heavy atom. The van der Waals surface area contributed by atoms with Crippen molar-refractivity contribution in [3.8, 4) is 0 Å². The van der Waals surface area contributed by atoms with Crippen LogP contribution in [0.3, 0.4) is 0 Å². The number of H-pyrrole nitrogens is 1. The van der Waals surface area contributed by atoms with Crippen molar-refractivity contribution in [1.82, 2.24) is 24.4 Å². The van der Waals surface area contributed by atoms with E-state index in [0.29, 0.717) is 20.3 Å². The molecule has 0 saturated carbocycles. The van der Waals surface area contributed by atoms with Gasteiger partial charge in [0.05, 0.1) is 29.1 Å². The lowest BCUT2D eigenvalue weighted by molar-refractivity contribution is 0.511. The number of nitrogens with one attached hydrogen (secondary N) is 2. The molecule has 4 heterocycles. The maximum Gasteiger partial charge on any atom is 0.233 e. The number of aromatic nitrogens is 4. The van der Waals surface area contributed by atoms with E-state index >= 15 is 0 Å². The van der Waals surface area contributed by atoms with Gasteiger partial charge in [0.2, 0.25) is 12.2 Å². The van der Waals surface area contributed by atoms with E-state index in [1.54, 1.807) is 6.33 Å². The van der Waals surface area contributed by atoms with Crippen molar-refractivity contribution < 1.29 is 0 Å². The molecule has 2 aromatic heterocycles. The second-order valence-electron chi connectivity index (χ2n) is 8.49. The molecule has 33 heavy (non-hydrogen) atoms. The van der Waals surface area contributed by atoms with E-state index in [1.807, 2.05) is 43.6 Å². The Kier molecular flexibility index (Phi) is 4.83. The van der Waals surface area contributed by atoms with Crippen LogP contribution in [0, 0.1) is 0 Å². The Hall–Kier alpha value is -3.07. The van der Waals surface area contributed by atoms with Gasteiger partial charge in [0.1, 0.15) is 23.0 Å². The number of quaternary nitrogens is 1. The van der Waals surface area contributed by atoms with Gasteiger partial charge in [-0.15, -0.1) is 0 Å². The summed E-state index contributed by atoms with van der Waals surface area (Å²) in [6, 6.07) is 9.46. The topological polar surface area (TPSA) is 91.2 Å². The van der Waals surface area contributed by atoms with E-state index < -0.39 is 0 Å². The summed E-state index contributed by atoms with van der Waals surface area (Å²) in [5.41, 5.74) is 3.53. The van der Waals surface area contributed by atoms with Gasteiger partial charge in [-0.1, -0.05) is 33.4 Å². The van der Waals surface area contributed by atoms with E-state index in [9.17, 15) is 0 Å². The van der Waals surface area contributed by atoms with Crippen LogP contribution in [0.5, 0.6) is 0 Å². The number of imidazole rings is 1. The summed E-state index contributed by atoms with van der Waals surface area (Å²) in [5, 5.41) is 14.2. The molecule has 6 rings (SSSR count). The number of hydrogen-bond donors (Lipinski definition) is 2. The molecule has 0 aliphatic carbocycles. The fourth-order valence-electron chi connectivity index (χ4n) is 4.69. The van der Waals surface area contributed by atoms with Crippen molar-refractivity contribution in [2.45, 2.75) is 32.2 Å². The van der Waals surface area contributed by atoms with E-state index in [1.165, 1.54) is 0 Å². The molecule has 2 atom stereocenters. The van der Waals surface area contributed by atoms with Crippen LogP contribution in [0.15, 0.2) is 46.9 Å². The zero-order valence-electron chi connectivity index (χ0n) is 17.9. The number of amidine groups is 1.